The molecule has 7 heteroatoms. The van der Waals surface area contributed by atoms with Crippen LogP contribution in [-0.4, -0.2) is 25.9 Å². The van der Waals surface area contributed by atoms with Gasteiger partial charge in [-0.15, -0.1) is 0 Å². The second kappa shape index (κ2) is 11.1. The Labute approximate surface area is 209 Å². The molecule has 2 aliphatic rings. The molecule has 0 fully saturated rings. The van der Waals surface area contributed by atoms with Gasteiger partial charge in [0, 0.05) is 24.2 Å². The molecule has 1 atom stereocenters. The number of benzene rings is 2. The minimum absolute atomic E-state index is 0.0454. The molecule has 1 amide bonds. The van der Waals surface area contributed by atoms with E-state index < -0.39 is 10.0 Å². The molecule has 6 nitrogen and oxygen atoms in total. The van der Waals surface area contributed by atoms with Crippen LogP contribution in [0.2, 0.25) is 0 Å². The molecule has 0 bridgehead atoms. The molecule has 0 saturated heterocycles. The number of sulfonamides is 1. The zero-order valence-electron chi connectivity index (χ0n) is 21.2. The molecule has 0 radical (unpaired) electrons. The Balaban J connectivity index is 0.000000815. The molecule has 1 aliphatic heterocycles. The Kier molecular flexibility index (Phi) is 8.46. The fourth-order valence-corrected chi connectivity index (χ4v) is 5.68. The number of pyridine rings is 1. The van der Waals surface area contributed by atoms with Crippen LogP contribution in [0, 0.1) is 12.8 Å². The van der Waals surface area contributed by atoms with Crippen LogP contribution in [0.4, 0.5) is 5.69 Å². The molecule has 35 heavy (non-hydrogen) atoms. The zero-order chi connectivity index (χ0) is 25.8. The first-order valence-electron chi connectivity index (χ1n) is 12.3. The molecule has 2 aromatic carbocycles. The zero-order valence-corrected chi connectivity index (χ0v) is 22.0. The third kappa shape index (κ3) is 5.31. The number of carbonyl (C=O) groups is 1. The Bertz CT molecular complexity index is 1300. The van der Waals surface area contributed by atoms with E-state index in [1.54, 1.807) is 30.2 Å². The Morgan fingerprint density at radius 1 is 0.971 bits per heavy atom. The molecule has 0 spiro atoms. The van der Waals surface area contributed by atoms with Gasteiger partial charge in [-0.1, -0.05) is 52.0 Å². The van der Waals surface area contributed by atoms with Crippen LogP contribution in [0.25, 0.3) is 11.3 Å². The van der Waals surface area contributed by atoms with Crippen molar-refractivity contribution in [2.24, 2.45) is 11.1 Å². The Morgan fingerprint density at radius 3 is 2.31 bits per heavy atom. The predicted molar refractivity (Wildman–Crippen MR) is 142 cm³/mol. The van der Waals surface area contributed by atoms with Gasteiger partial charge in [0.1, 0.15) is 0 Å². The first kappa shape index (κ1) is 26.6. The summed E-state index contributed by atoms with van der Waals surface area (Å²) in [5, 5.41) is 5.38. The maximum absolute atomic E-state index is 13.5. The molecule has 2 N–H and O–H groups in total. The van der Waals surface area contributed by atoms with E-state index in [1.165, 1.54) is 11.1 Å². The van der Waals surface area contributed by atoms with Gasteiger partial charge in [0.15, 0.2) is 0 Å². The van der Waals surface area contributed by atoms with E-state index >= 15 is 0 Å². The Hall–Kier alpha value is -3.03. The highest BCUT2D eigenvalue weighted by Crippen LogP contribution is 2.38. The minimum atomic E-state index is -3.84. The van der Waals surface area contributed by atoms with Crippen molar-refractivity contribution in [3.05, 3.63) is 77.0 Å². The molecule has 1 unspecified atom stereocenters. The number of hydrogen-bond acceptors (Lipinski definition) is 4. The van der Waals surface area contributed by atoms with Crippen molar-refractivity contribution in [3.63, 3.8) is 0 Å². The average Bonchev–Trinajstić information content (AvgIpc) is 3.50. The van der Waals surface area contributed by atoms with Crippen LogP contribution < -0.4 is 10.0 Å². The van der Waals surface area contributed by atoms with Crippen molar-refractivity contribution in [1.29, 1.82) is 0 Å². The van der Waals surface area contributed by atoms with Gasteiger partial charge in [0.2, 0.25) is 15.9 Å². The Morgan fingerprint density at radius 2 is 1.66 bits per heavy atom. The van der Waals surface area contributed by atoms with Crippen molar-refractivity contribution in [2.45, 2.75) is 58.8 Å². The van der Waals surface area contributed by atoms with Crippen LogP contribution in [0.5, 0.6) is 0 Å². The molecule has 2 heterocycles. The van der Waals surface area contributed by atoms with Crippen LogP contribution in [0.1, 0.15) is 49.9 Å². The summed E-state index contributed by atoms with van der Waals surface area (Å²) in [5.41, 5.74) is 6.59. The van der Waals surface area contributed by atoms with Crippen LogP contribution in [0.3, 0.4) is 0 Å². The molecule has 5 rings (SSSR count). The molecule has 1 aromatic heterocycles. The lowest BCUT2D eigenvalue weighted by molar-refractivity contribution is -0.122. The minimum Gasteiger partial charge on any atom is -0.311 e. The predicted octanol–water partition coefficient (Wildman–Crippen LogP) is 5.06. The summed E-state index contributed by atoms with van der Waals surface area (Å²) < 4.78 is 23.9. The summed E-state index contributed by atoms with van der Waals surface area (Å²) in [5.74, 6) is -0.110. The van der Waals surface area contributed by atoms with Gasteiger partial charge in [-0.2, -0.15) is 0 Å². The molecular weight excluding hydrogens is 458 g/mol. The van der Waals surface area contributed by atoms with Gasteiger partial charge >= 0.3 is 0 Å². The molecular formula is C28H35N3O3S. The van der Waals surface area contributed by atoms with Crippen molar-refractivity contribution >= 4 is 21.6 Å². The van der Waals surface area contributed by atoms with E-state index in [0.29, 0.717) is 30.6 Å². The fraction of sp³-hybridized carbons (Fsp3) is 0.357. The number of primary sulfonamides is 1. The number of carbonyl (C=O) groups excluding carboxylic acids is 1. The maximum atomic E-state index is 13.5. The number of rotatable bonds is 3. The van der Waals surface area contributed by atoms with E-state index in [4.69, 9.17) is 5.14 Å². The van der Waals surface area contributed by atoms with Gasteiger partial charge in [-0.25, -0.2) is 13.6 Å². The number of amides is 1. The van der Waals surface area contributed by atoms with Crippen molar-refractivity contribution < 1.29 is 13.2 Å². The number of nitrogens with two attached hydrogens (primary N) is 1. The number of hydrogen-bond donors (Lipinski definition) is 1. The van der Waals surface area contributed by atoms with E-state index in [1.807, 2.05) is 45.9 Å². The summed E-state index contributed by atoms with van der Waals surface area (Å²) in [7, 11) is -3.84. The van der Waals surface area contributed by atoms with Gasteiger partial charge < -0.3 is 4.90 Å². The summed E-state index contributed by atoms with van der Waals surface area (Å²) in [6.45, 7) is 10.3. The summed E-state index contributed by atoms with van der Waals surface area (Å²) >= 11 is 0. The van der Waals surface area contributed by atoms with Gasteiger partial charge in [-0.05, 0) is 72.7 Å². The molecule has 3 aromatic rings. The quantitative estimate of drug-likeness (QED) is 0.552. The van der Waals surface area contributed by atoms with Gasteiger partial charge in [0.25, 0.3) is 0 Å². The standard InChI is InChI=1S/C24H23N3O3S.2C2H6/c1-15-22(31(25,29)30)8-7-16-9-11-27(23(15)16)24(28)20-12-17-5-6-18(13-19(17)14-20)21-4-2-3-10-26-21;2*1-2/h2-8,10,13,20H,9,11-12,14H2,1H3,(H2,25,29,30);2*1-2H3. The number of aromatic nitrogens is 1. The fourth-order valence-electron chi connectivity index (χ4n) is 4.89. The first-order valence-corrected chi connectivity index (χ1v) is 13.9. The topological polar surface area (TPSA) is 93.4 Å². The van der Waals surface area contributed by atoms with Crippen LogP contribution in [-0.2, 0) is 34.1 Å². The van der Waals surface area contributed by atoms with E-state index in [0.717, 1.165) is 23.2 Å². The van der Waals surface area contributed by atoms with Crippen molar-refractivity contribution in [2.75, 3.05) is 11.4 Å². The number of anilines is 1. The lowest BCUT2D eigenvalue weighted by atomic mass is 10.0. The monoisotopic (exact) mass is 493 g/mol. The lowest BCUT2D eigenvalue weighted by Crippen LogP contribution is -2.35. The number of nitrogens with zero attached hydrogens (tertiary/aromatic N) is 2. The third-order valence-corrected chi connectivity index (χ3v) is 7.42. The largest absolute Gasteiger partial charge is 0.311 e. The smallest absolute Gasteiger partial charge is 0.238 e. The second-order valence-electron chi connectivity index (χ2n) is 8.28. The van der Waals surface area contributed by atoms with Gasteiger partial charge in [0.05, 0.1) is 16.3 Å². The highest BCUT2D eigenvalue weighted by molar-refractivity contribution is 7.89. The highest BCUT2D eigenvalue weighted by Gasteiger charge is 2.36. The summed E-state index contributed by atoms with van der Waals surface area (Å²) in [4.78, 5) is 19.7. The summed E-state index contributed by atoms with van der Waals surface area (Å²) in [6, 6.07) is 15.4. The van der Waals surface area contributed by atoms with Gasteiger partial charge in [-0.3, -0.25) is 9.78 Å². The maximum Gasteiger partial charge on any atom is 0.238 e. The SMILES string of the molecule is CC.CC.Cc1c(S(N)(=O)=O)ccc2c1N(C(=O)C1Cc3ccc(-c4ccccn4)cc3C1)CC2. The van der Waals surface area contributed by atoms with Crippen molar-refractivity contribution in [3.8, 4) is 11.3 Å². The average molecular weight is 494 g/mol. The highest BCUT2D eigenvalue weighted by atomic mass is 32.2. The van der Waals surface area contributed by atoms with E-state index in [2.05, 4.69) is 23.2 Å². The van der Waals surface area contributed by atoms with E-state index in [9.17, 15) is 13.2 Å². The number of fused-ring (bicyclic) bond motifs is 2. The third-order valence-electron chi connectivity index (χ3n) is 6.36. The molecule has 1 aliphatic carbocycles. The normalized spacial score (nSPS) is 15.8. The summed E-state index contributed by atoms with van der Waals surface area (Å²) in [6.07, 6.45) is 3.86. The molecule has 186 valence electrons. The van der Waals surface area contributed by atoms with E-state index in [-0.39, 0.29) is 16.7 Å². The van der Waals surface area contributed by atoms with Crippen LogP contribution in [0.15, 0.2) is 59.6 Å². The van der Waals surface area contributed by atoms with Crippen molar-refractivity contribution in [1.82, 2.24) is 4.98 Å². The lowest BCUT2D eigenvalue weighted by Gasteiger charge is -2.23. The second-order valence-corrected chi connectivity index (χ2v) is 9.81. The first-order chi connectivity index (χ1) is 16.8. The molecule has 0 saturated carbocycles. The van der Waals surface area contributed by atoms with Crippen LogP contribution >= 0.6 is 0 Å².